The van der Waals surface area contributed by atoms with Gasteiger partial charge in [0.2, 0.25) is 0 Å². The van der Waals surface area contributed by atoms with E-state index in [1.54, 1.807) is 7.05 Å². The molecule has 2 saturated carbocycles. The fourth-order valence-electron chi connectivity index (χ4n) is 4.66. The number of nitrogens with one attached hydrogen (secondary N) is 2. The summed E-state index contributed by atoms with van der Waals surface area (Å²) in [6.45, 7) is 1.05. The number of hydrogen-bond acceptors (Lipinski definition) is 2. The van der Waals surface area contributed by atoms with E-state index in [1.807, 2.05) is 0 Å². The predicted octanol–water partition coefficient (Wildman–Crippen LogP) is 2.59. The van der Waals surface area contributed by atoms with Gasteiger partial charge in [-0.3, -0.25) is 4.99 Å². The number of aliphatic imine (C=N–C) groups is 1. The van der Waals surface area contributed by atoms with Crippen LogP contribution >= 0.6 is 0 Å². The zero-order valence-electron chi connectivity index (χ0n) is 13.8. The molecule has 0 bridgehead atoms. The van der Waals surface area contributed by atoms with Crippen molar-refractivity contribution in [3.63, 3.8) is 0 Å². The zero-order valence-corrected chi connectivity index (χ0v) is 13.8. The lowest BCUT2D eigenvalue weighted by atomic mass is 9.46. The Labute approximate surface area is 140 Å². The number of benzene rings is 1. The lowest BCUT2D eigenvalue weighted by Gasteiger charge is -2.63. The van der Waals surface area contributed by atoms with Crippen LogP contribution in [0.1, 0.15) is 31.2 Å². The number of halogens is 2. The van der Waals surface area contributed by atoms with Crippen LogP contribution in [-0.2, 0) is 11.3 Å². The molecule has 2 aliphatic carbocycles. The maximum atomic E-state index is 13.7. The molecule has 0 aromatic heterocycles. The number of rotatable bonds is 3. The molecule has 1 heterocycles. The van der Waals surface area contributed by atoms with Gasteiger partial charge in [-0.1, -0.05) is 6.42 Å². The molecule has 1 saturated heterocycles. The van der Waals surface area contributed by atoms with Crippen LogP contribution in [0.2, 0.25) is 0 Å². The molecule has 4 rings (SSSR count). The first kappa shape index (κ1) is 15.8. The van der Waals surface area contributed by atoms with Crippen molar-refractivity contribution in [3.8, 4) is 0 Å². The van der Waals surface area contributed by atoms with Crippen molar-refractivity contribution in [1.29, 1.82) is 0 Å². The summed E-state index contributed by atoms with van der Waals surface area (Å²) in [6, 6.07) is 3.86. The molecule has 3 fully saturated rings. The number of ether oxygens (including phenoxy) is 1. The Morgan fingerprint density at radius 3 is 2.92 bits per heavy atom. The van der Waals surface area contributed by atoms with Crippen LogP contribution in [0.3, 0.4) is 0 Å². The Bertz CT molecular complexity index is 660. The van der Waals surface area contributed by atoms with Crippen molar-refractivity contribution in [2.24, 2.45) is 16.3 Å². The van der Waals surface area contributed by atoms with Gasteiger partial charge in [-0.05, 0) is 37.5 Å². The smallest absolute Gasteiger partial charge is 0.191 e. The van der Waals surface area contributed by atoms with E-state index in [4.69, 9.17) is 4.74 Å². The zero-order chi connectivity index (χ0) is 16.7. The Hall–Kier alpha value is -1.69. The minimum Gasteiger partial charge on any atom is -0.377 e. The van der Waals surface area contributed by atoms with Gasteiger partial charge in [-0.2, -0.15) is 0 Å². The highest BCUT2D eigenvalue weighted by atomic mass is 19.1. The predicted molar refractivity (Wildman–Crippen MR) is 87.6 cm³/mol. The van der Waals surface area contributed by atoms with Crippen LogP contribution in [0.15, 0.2) is 23.2 Å². The average Bonchev–Trinajstić information content (AvgIpc) is 2.94. The molecule has 1 aliphatic heterocycles. The lowest BCUT2D eigenvalue weighted by Crippen LogP contribution is -2.72. The first-order valence-electron chi connectivity index (χ1n) is 8.67. The molecule has 0 radical (unpaired) electrons. The van der Waals surface area contributed by atoms with Gasteiger partial charge in [-0.15, -0.1) is 0 Å². The third kappa shape index (κ3) is 2.39. The van der Waals surface area contributed by atoms with Gasteiger partial charge in [0.05, 0.1) is 6.10 Å². The van der Waals surface area contributed by atoms with E-state index in [-0.39, 0.29) is 12.0 Å². The van der Waals surface area contributed by atoms with Crippen LogP contribution in [0, 0.1) is 23.0 Å². The summed E-state index contributed by atoms with van der Waals surface area (Å²) in [5, 5.41) is 6.62. The summed E-state index contributed by atoms with van der Waals surface area (Å²) < 4.78 is 32.9. The second-order valence-electron chi connectivity index (χ2n) is 7.11. The lowest BCUT2D eigenvalue weighted by molar-refractivity contribution is -0.171. The van der Waals surface area contributed by atoms with E-state index in [0.29, 0.717) is 29.6 Å². The largest absolute Gasteiger partial charge is 0.377 e. The Kier molecular flexibility index (Phi) is 3.95. The highest BCUT2D eigenvalue weighted by Crippen LogP contribution is 2.62. The Balaban J connectivity index is 1.41. The third-order valence-electron chi connectivity index (χ3n) is 6.01. The van der Waals surface area contributed by atoms with E-state index < -0.39 is 11.6 Å². The van der Waals surface area contributed by atoms with Gasteiger partial charge in [-0.25, -0.2) is 8.78 Å². The summed E-state index contributed by atoms with van der Waals surface area (Å²) >= 11 is 0. The average molecular weight is 335 g/mol. The van der Waals surface area contributed by atoms with Crippen LogP contribution in [-0.4, -0.2) is 31.8 Å². The summed E-state index contributed by atoms with van der Waals surface area (Å²) in [7, 11) is 1.70. The van der Waals surface area contributed by atoms with E-state index >= 15 is 0 Å². The minimum atomic E-state index is -0.436. The number of guanidine groups is 1. The minimum absolute atomic E-state index is 0.202. The van der Waals surface area contributed by atoms with Crippen LogP contribution in [0.5, 0.6) is 0 Å². The normalized spacial score (nSPS) is 30.5. The van der Waals surface area contributed by atoms with Gasteiger partial charge < -0.3 is 15.4 Å². The highest BCUT2D eigenvalue weighted by molar-refractivity contribution is 5.80. The first-order chi connectivity index (χ1) is 11.6. The molecule has 1 aromatic rings. The summed E-state index contributed by atoms with van der Waals surface area (Å²) in [6.07, 6.45) is 5.12. The van der Waals surface area contributed by atoms with Crippen molar-refractivity contribution in [1.82, 2.24) is 10.6 Å². The molecule has 1 aromatic carbocycles. The first-order valence-corrected chi connectivity index (χ1v) is 8.67. The van der Waals surface area contributed by atoms with Gasteiger partial charge in [0, 0.05) is 43.1 Å². The van der Waals surface area contributed by atoms with Gasteiger partial charge >= 0.3 is 0 Å². The molecule has 1 spiro atoms. The monoisotopic (exact) mass is 335 g/mol. The molecular formula is C18H23F2N3O. The molecule has 3 atom stereocenters. The fraction of sp³-hybridized carbons (Fsp3) is 0.611. The van der Waals surface area contributed by atoms with Crippen molar-refractivity contribution >= 4 is 5.96 Å². The highest BCUT2D eigenvalue weighted by Gasteiger charge is 2.66. The van der Waals surface area contributed by atoms with Crippen molar-refractivity contribution in [3.05, 3.63) is 35.4 Å². The summed E-state index contributed by atoms with van der Waals surface area (Å²) in [4.78, 5) is 4.25. The second-order valence-corrected chi connectivity index (χ2v) is 7.11. The van der Waals surface area contributed by atoms with Crippen LogP contribution in [0.25, 0.3) is 0 Å². The third-order valence-corrected chi connectivity index (χ3v) is 6.01. The molecule has 2 N–H and O–H groups in total. The number of fused-ring (bicyclic) bond motifs is 2. The number of hydrogen-bond donors (Lipinski definition) is 2. The van der Waals surface area contributed by atoms with Crippen LogP contribution < -0.4 is 10.6 Å². The van der Waals surface area contributed by atoms with Gasteiger partial charge in [0.1, 0.15) is 11.6 Å². The molecule has 24 heavy (non-hydrogen) atoms. The molecule has 3 aliphatic rings. The molecule has 0 amide bonds. The van der Waals surface area contributed by atoms with Crippen LogP contribution in [0.4, 0.5) is 8.78 Å². The fourth-order valence-corrected chi connectivity index (χ4v) is 4.66. The second kappa shape index (κ2) is 5.99. The summed E-state index contributed by atoms with van der Waals surface area (Å²) in [5.74, 6) is 0.326. The Morgan fingerprint density at radius 1 is 1.38 bits per heavy atom. The SMILES string of the molecule is CN=C(NCc1cc(F)ccc1F)NC1C2CCOC2C12CCC2. The molecule has 6 heteroatoms. The quantitative estimate of drug-likeness (QED) is 0.659. The maximum absolute atomic E-state index is 13.7. The molecule has 4 nitrogen and oxygen atoms in total. The van der Waals surface area contributed by atoms with E-state index in [2.05, 4.69) is 15.6 Å². The molecule has 3 unspecified atom stereocenters. The van der Waals surface area contributed by atoms with Crippen molar-refractivity contribution in [2.45, 2.75) is 44.4 Å². The van der Waals surface area contributed by atoms with Crippen molar-refractivity contribution in [2.75, 3.05) is 13.7 Å². The van der Waals surface area contributed by atoms with E-state index in [1.165, 1.54) is 25.3 Å². The topological polar surface area (TPSA) is 45.7 Å². The molecule has 130 valence electrons. The van der Waals surface area contributed by atoms with Crippen molar-refractivity contribution < 1.29 is 13.5 Å². The van der Waals surface area contributed by atoms with Gasteiger partial charge in [0.15, 0.2) is 5.96 Å². The van der Waals surface area contributed by atoms with E-state index in [0.717, 1.165) is 25.2 Å². The summed E-state index contributed by atoms with van der Waals surface area (Å²) in [5.41, 5.74) is 0.551. The number of nitrogens with zero attached hydrogens (tertiary/aromatic N) is 1. The Morgan fingerprint density at radius 2 is 2.21 bits per heavy atom. The van der Waals surface area contributed by atoms with E-state index in [9.17, 15) is 8.78 Å². The maximum Gasteiger partial charge on any atom is 0.191 e. The molecular weight excluding hydrogens is 312 g/mol. The standard InChI is InChI=1S/C18H23F2N3O/c1-21-17(22-10-11-9-12(19)3-4-14(11)20)23-15-13-5-8-24-16(13)18(15)6-2-7-18/h3-4,9,13,15-16H,2,5-8,10H2,1H3,(H2,21,22,23). The van der Waals surface area contributed by atoms with Gasteiger partial charge in [0.25, 0.3) is 0 Å².